The molecule has 0 aliphatic carbocycles. The number of hydrogen-bond acceptors (Lipinski definition) is 3. The summed E-state index contributed by atoms with van der Waals surface area (Å²) in [7, 11) is -1.28. The van der Waals surface area contributed by atoms with Gasteiger partial charge in [0.2, 0.25) is 0 Å². The van der Waals surface area contributed by atoms with Crippen LogP contribution in [0.15, 0.2) is 29.2 Å². The Labute approximate surface area is 109 Å². The van der Waals surface area contributed by atoms with E-state index in [0.717, 1.165) is 0 Å². The highest BCUT2D eigenvalue weighted by atomic mass is 35.5. The standard InChI is InChI=1S/C12H15ClO3S/c1-3-16-12(14)9(2)8-17(15)11-7-5-4-6-10(11)13/h4-7,9H,3,8H2,1-2H3. The molecule has 0 aliphatic rings. The molecule has 0 saturated carbocycles. The molecule has 1 aromatic rings. The van der Waals surface area contributed by atoms with Crippen LogP contribution >= 0.6 is 11.6 Å². The number of halogens is 1. The van der Waals surface area contributed by atoms with E-state index in [1.165, 1.54) is 0 Å². The van der Waals surface area contributed by atoms with Gasteiger partial charge in [0.15, 0.2) is 0 Å². The van der Waals surface area contributed by atoms with Gasteiger partial charge in [-0.05, 0) is 19.1 Å². The number of carbonyl (C=O) groups excluding carboxylic acids is 1. The van der Waals surface area contributed by atoms with Gasteiger partial charge in [-0.1, -0.05) is 30.7 Å². The highest BCUT2D eigenvalue weighted by Gasteiger charge is 2.19. The van der Waals surface area contributed by atoms with Gasteiger partial charge in [-0.3, -0.25) is 9.00 Å². The number of carbonyl (C=O) groups is 1. The third-order valence-electron chi connectivity index (χ3n) is 2.17. The van der Waals surface area contributed by atoms with Gasteiger partial charge in [-0.2, -0.15) is 0 Å². The molecule has 0 radical (unpaired) electrons. The van der Waals surface area contributed by atoms with Crippen molar-refractivity contribution in [3.63, 3.8) is 0 Å². The predicted molar refractivity (Wildman–Crippen MR) is 68.5 cm³/mol. The average Bonchev–Trinajstić information content (AvgIpc) is 2.29. The van der Waals surface area contributed by atoms with Crippen molar-refractivity contribution in [2.75, 3.05) is 12.4 Å². The molecule has 2 atom stereocenters. The lowest BCUT2D eigenvalue weighted by Crippen LogP contribution is -2.20. The van der Waals surface area contributed by atoms with E-state index in [1.807, 2.05) is 0 Å². The van der Waals surface area contributed by atoms with E-state index < -0.39 is 16.7 Å². The molecule has 0 N–H and O–H groups in total. The summed E-state index contributed by atoms with van der Waals surface area (Å²) in [5.41, 5.74) is 0. The zero-order valence-electron chi connectivity index (χ0n) is 9.81. The van der Waals surface area contributed by atoms with E-state index in [2.05, 4.69) is 0 Å². The first-order valence-electron chi connectivity index (χ1n) is 5.35. The molecule has 0 bridgehead atoms. The molecule has 1 rings (SSSR count). The number of benzene rings is 1. The highest BCUT2D eigenvalue weighted by molar-refractivity contribution is 7.85. The third kappa shape index (κ3) is 4.13. The minimum Gasteiger partial charge on any atom is -0.466 e. The van der Waals surface area contributed by atoms with Gasteiger partial charge in [0.05, 0.1) is 33.2 Å². The quantitative estimate of drug-likeness (QED) is 0.776. The van der Waals surface area contributed by atoms with E-state index >= 15 is 0 Å². The molecule has 0 aliphatic heterocycles. The van der Waals surface area contributed by atoms with E-state index in [4.69, 9.17) is 16.3 Å². The molecular formula is C12H15ClO3S. The van der Waals surface area contributed by atoms with Crippen molar-refractivity contribution in [3.05, 3.63) is 29.3 Å². The Balaban J connectivity index is 2.67. The van der Waals surface area contributed by atoms with Gasteiger partial charge in [0.1, 0.15) is 0 Å². The third-order valence-corrected chi connectivity index (χ3v) is 4.26. The van der Waals surface area contributed by atoms with Crippen molar-refractivity contribution in [2.24, 2.45) is 5.92 Å². The maximum Gasteiger partial charge on any atom is 0.309 e. The number of esters is 1. The minimum absolute atomic E-state index is 0.225. The number of hydrogen-bond donors (Lipinski definition) is 0. The normalized spacial score (nSPS) is 14.1. The molecule has 0 aromatic heterocycles. The van der Waals surface area contributed by atoms with E-state index in [0.29, 0.717) is 16.5 Å². The maximum atomic E-state index is 12.0. The molecule has 1 aromatic carbocycles. The molecule has 3 nitrogen and oxygen atoms in total. The molecule has 2 unspecified atom stereocenters. The molecule has 17 heavy (non-hydrogen) atoms. The van der Waals surface area contributed by atoms with Crippen molar-refractivity contribution in [1.29, 1.82) is 0 Å². The molecule has 0 amide bonds. The SMILES string of the molecule is CCOC(=O)C(C)CS(=O)c1ccccc1Cl. The first-order chi connectivity index (χ1) is 8.06. The summed E-state index contributed by atoms with van der Waals surface area (Å²) in [4.78, 5) is 12.0. The van der Waals surface area contributed by atoms with Crippen LogP contribution in [-0.4, -0.2) is 22.5 Å². The summed E-state index contributed by atoms with van der Waals surface area (Å²) in [6.45, 7) is 3.78. The summed E-state index contributed by atoms with van der Waals surface area (Å²) in [5.74, 6) is -0.497. The molecule has 5 heteroatoms. The second-order valence-electron chi connectivity index (χ2n) is 3.60. The number of ether oxygens (including phenoxy) is 1. The first kappa shape index (κ1) is 14.2. The van der Waals surface area contributed by atoms with E-state index in [1.54, 1.807) is 38.1 Å². The van der Waals surface area contributed by atoms with Crippen LogP contribution in [0.25, 0.3) is 0 Å². The van der Waals surface area contributed by atoms with Gasteiger partial charge >= 0.3 is 5.97 Å². The molecule has 0 heterocycles. The van der Waals surface area contributed by atoms with E-state index in [9.17, 15) is 9.00 Å². The summed E-state index contributed by atoms with van der Waals surface area (Å²) in [6, 6.07) is 6.94. The Bertz CT molecular complexity index is 420. The summed E-state index contributed by atoms with van der Waals surface area (Å²) < 4.78 is 16.9. The van der Waals surface area contributed by atoms with Crippen LogP contribution in [0.3, 0.4) is 0 Å². The van der Waals surface area contributed by atoms with Gasteiger partial charge in [0.25, 0.3) is 0 Å². The van der Waals surface area contributed by atoms with Crippen molar-refractivity contribution in [1.82, 2.24) is 0 Å². The van der Waals surface area contributed by atoms with E-state index in [-0.39, 0.29) is 11.7 Å². The highest BCUT2D eigenvalue weighted by Crippen LogP contribution is 2.20. The van der Waals surface area contributed by atoms with Crippen LogP contribution in [-0.2, 0) is 20.3 Å². The topological polar surface area (TPSA) is 43.4 Å². The molecule has 0 spiro atoms. The molecule has 0 fully saturated rings. The average molecular weight is 275 g/mol. The Morgan fingerprint density at radius 1 is 1.47 bits per heavy atom. The Morgan fingerprint density at radius 3 is 2.71 bits per heavy atom. The minimum atomic E-state index is -1.28. The van der Waals surface area contributed by atoms with Crippen molar-refractivity contribution >= 4 is 28.4 Å². The fourth-order valence-corrected chi connectivity index (χ4v) is 2.98. The van der Waals surface area contributed by atoms with Gasteiger partial charge < -0.3 is 4.74 Å². The lowest BCUT2D eigenvalue weighted by Gasteiger charge is -2.10. The smallest absolute Gasteiger partial charge is 0.309 e. The summed E-state index contributed by atoms with van der Waals surface area (Å²) in [6.07, 6.45) is 0. The fraction of sp³-hybridized carbons (Fsp3) is 0.417. The van der Waals surface area contributed by atoms with Crippen LogP contribution in [0.2, 0.25) is 5.02 Å². The van der Waals surface area contributed by atoms with Crippen LogP contribution in [0.1, 0.15) is 13.8 Å². The van der Waals surface area contributed by atoms with Crippen LogP contribution in [0, 0.1) is 5.92 Å². The Morgan fingerprint density at radius 2 is 2.12 bits per heavy atom. The van der Waals surface area contributed by atoms with Gasteiger partial charge in [-0.25, -0.2) is 0 Å². The van der Waals surface area contributed by atoms with Crippen LogP contribution in [0.5, 0.6) is 0 Å². The fourth-order valence-electron chi connectivity index (χ4n) is 1.30. The second kappa shape index (κ2) is 6.77. The summed E-state index contributed by atoms with van der Waals surface area (Å²) >= 11 is 5.93. The van der Waals surface area contributed by atoms with Gasteiger partial charge in [0, 0.05) is 5.75 Å². The van der Waals surface area contributed by atoms with Crippen LogP contribution < -0.4 is 0 Å². The Hall–Kier alpha value is -0.870. The zero-order chi connectivity index (χ0) is 12.8. The van der Waals surface area contributed by atoms with Gasteiger partial charge in [-0.15, -0.1) is 0 Å². The zero-order valence-corrected chi connectivity index (χ0v) is 11.4. The molecular weight excluding hydrogens is 260 g/mol. The summed E-state index contributed by atoms with van der Waals surface area (Å²) in [5, 5.41) is 0.460. The molecule has 0 saturated heterocycles. The van der Waals surface area contributed by atoms with Crippen molar-refractivity contribution in [2.45, 2.75) is 18.7 Å². The number of rotatable bonds is 5. The lowest BCUT2D eigenvalue weighted by atomic mass is 10.2. The van der Waals surface area contributed by atoms with Crippen molar-refractivity contribution in [3.8, 4) is 0 Å². The molecule has 94 valence electrons. The second-order valence-corrected chi connectivity index (χ2v) is 5.47. The van der Waals surface area contributed by atoms with Crippen molar-refractivity contribution < 1.29 is 13.7 Å². The predicted octanol–water partition coefficient (Wildman–Crippen LogP) is 2.65. The van der Waals surface area contributed by atoms with Crippen LogP contribution in [0.4, 0.5) is 0 Å². The first-order valence-corrected chi connectivity index (χ1v) is 7.05. The largest absolute Gasteiger partial charge is 0.466 e. The monoisotopic (exact) mass is 274 g/mol. The maximum absolute atomic E-state index is 12.0. The lowest BCUT2D eigenvalue weighted by molar-refractivity contribution is -0.146. The Kier molecular flexibility index (Phi) is 5.65.